The highest BCUT2D eigenvalue weighted by Crippen LogP contribution is 2.54. The second-order valence-electron chi connectivity index (χ2n) is 6.48. The highest BCUT2D eigenvalue weighted by molar-refractivity contribution is 5.97. The van der Waals surface area contributed by atoms with E-state index < -0.39 is 11.6 Å². The number of carbonyl (C=O) groups excluding carboxylic acids is 1. The van der Waals surface area contributed by atoms with E-state index in [1.165, 1.54) is 7.11 Å². The lowest BCUT2D eigenvalue weighted by molar-refractivity contribution is -0.141. The number of ether oxygens (including phenoxy) is 1. The first-order chi connectivity index (χ1) is 10.3. The first-order valence-corrected chi connectivity index (χ1v) is 7.62. The zero-order chi connectivity index (χ0) is 16.1. The number of alkyl halides is 2. The summed E-state index contributed by atoms with van der Waals surface area (Å²) in [5.74, 6) is -2.01. The molecular formula is C15H21F2N3O2. The van der Waals surface area contributed by atoms with Crippen molar-refractivity contribution in [2.45, 2.75) is 31.6 Å². The van der Waals surface area contributed by atoms with Crippen LogP contribution in [0.15, 0.2) is 11.3 Å². The number of nitrogens with zero attached hydrogens (tertiary/aromatic N) is 1. The molecule has 1 aliphatic heterocycles. The fraction of sp³-hybridized carbons (Fsp3) is 0.733. The Morgan fingerprint density at radius 2 is 2.09 bits per heavy atom. The summed E-state index contributed by atoms with van der Waals surface area (Å²) in [5, 5.41) is 8.20. The highest BCUT2D eigenvalue weighted by atomic mass is 19.3. The van der Waals surface area contributed by atoms with Crippen LogP contribution in [0.4, 0.5) is 8.78 Å². The normalized spacial score (nSPS) is 32.7. The van der Waals surface area contributed by atoms with Gasteiger partial charge in [-0.3, -0.25) is 10.2 Å². The molecule has 7 heteroatoms. The number of nitrogens with two attached hydrogens (primary N) is 1. The number of piperidine rings is 1. The third kappa shape index (κ3) is 2.46. The lowest BCUT2D eigenvalue weighted by Gasteiger charge is -2.30. The Morgan fingerprint density at radius 3 is 2.68 bits per heavy atom. The van der Waals surface area contributed by atoms with Crippen LogP contribution in [-0.2, 0) is 9.53 Å². The summed E-state index contributed by atoms with van der Waals surface area (Å²) in [6.07, 6.45) is 0.979. The van der Waals surface area contributed by atoms with E-state index in [2.05, 4.69) is 4.74 Å². The average molecular weight is 313 g/mol. The van der Waals surface area contributed by atoms with Gasteiger partial charge in [-0.25, -0.2) is 0 Å². The SMILES string of the molecule is COC(=O)CC1[C@H]2CN(C(=N)C3=C(N)C(F)(F)CCC3)C[C@@H]12. The van der Waals surface area contributed by atoms with Gasteiger partial charge in [-0.2, -0.15) is 8.78 Å². The zero-order valence-corrected chi connectivity index (χ0v) is 12.6. The number of nitrogens with one attached hydrogen (secondary N) is 1. The van der Waals surface area contributed by atoms with Crippen molar-refractivity contribution in [3.8, 4) is 0 Å². The Morgan fingerprint density at radius 1 is 1.45 bits per heavy atom. The number of rotatable bonds is 3. The number of amidine groups is 1. The minimum atomic E-state index is -2.99. The van der Waals surface area contributed by atoms with Crippen LogP contribution in [0.2, 0.25) is 0 Å². The van der Waals surface area contributed by atoms with Gasteiger partial charge in [0.15, 0.2) is 0 Å². The molecule has 0 aromatic carbocycles. The molecule has 2 aliphatic carbocycles. The number of hydrogen-bond acceptors (Lipinski definition) is 4. The number of fused-ring (bicyclic) bond motifs is 1. The molecule has 22 heavy (non-hydrogen) atoms. The number of carbonyl (C=O) groups is 1. The van der Waals surface area contributed by atoms with Crippen molar-refractivity contribution in [2.24, 2.45) is 23.5 Å². The predicted octanol–water partition coefficient (Wildman–Crippen LogP) is 1.74. The summed E-state index contributed by atoms with van der Waals surface area (Å²) < 4.78 is 32.0. The van der Waals surface area contributed by atoms with Gasteiger partial charge in [-0.1, -0.05) is 0 Å². The Balaban J connectivity index is 1.62. The molecule has 5 nitrogen and oxygen atoms in total. The van der Waals surface area contributed by atoms with Gasteiger partial charge in [0.2, 0.25) is 0 Å². The first-order valence-electron chi connectivity index (χ1n) is 7.62. The van der Waals surface area contributed by atoms with E-state index in [0.29, 0.717) is 55.7 Å². The summed E-state index contributed by atoms with van der Waals surface area (Å²) in [6, 6.07) is 0. The molecule has 0 spiro atoms. The Hall–Kier alpha value is -1.66. The average Bonchev–Trinajstić information content (AvgIpc) is 2.92. The molecule has 1 heterocycles. The molecule has 0 radical (unpaired) electrons. The lowest BCUT2D eigenvalue weighted by Crippen LogP contribution is -2.38. The quantitative estimate of drug-likeness (QED) is 0.472. The van der Waals surface area contributed by atoms with Crippen LogP contribution < -0.4 is 5.73 Å². The second-order valence-corrected chi connectivity index (χ2v) is 6.48. The van der Waals surface area contributed by atoms with Gasteiger partial charge in [-0.15, -0.1) is 0 Å². The number of esters is 1. The van der Waals surface area contributed by atoms with Crippen molar-refractivity contribution in [1.82, 2.24) is 4.90 Å². The van der Waals surface area contributed by atoms with Crippen LogP contribution in [-0.4, -0.2) is 42.8 Å². The fourth-order valence-corrected chi connectivity index (χ4v) is 3.82. The monoisotopic (exact) mass is 313 g/mol. The van der Waals surface area contributed by atoms with Crippen molar-refractivity contribution < 1.29 is 18.3 Å². The third-order valence-electron chi connectivity index (χ3n) is 5.24. The van der Waals surface area contributed by atoms with E-state index >= 15 is 0 Å². The molecule has 3 N–H and O–H groups in total. The summed E-state index contributed by atoms with van der Waals surface area (Å²) in [4.78, 5) is 13.1. The summed E-state index contributed by atoms with van der Waals surface area (Å²) >= 11 is 0. The molecule has 0 aromatic rings. The largest absolute Gasteiger partial charge is 0.469 e. The third-order valence-corrected chi connectivity index (χ3v) is 5.24. The van der Waals surface area contributed by atoms with Crippen LogP contribution in [0, 0.1) is 23.2 Å². The molecule has 0 bridgehead atoms. The van der Waals surface area contributed by atoms with Crippen molar-refractivity contribution in [2.75, 3.05) is 20.2 Å². The van der Waals surface area contributed by atoms with E-state index in [1.807, 2.05) is 4.90 Å². The van der Waals surface area contributed by atoms with Crippen LogP contribution in [0.1, 0.15) is 25.7 Å². The molecule has 0 amide bonds. The Bertz CT molecular complexity index is 535. The molecule has 122 valence electrons. The molecule has 3 aliphatic rings. The molecule has 2 fully saturated rings. The van der Waals surface area contributed by atoms with Gasteiger partial charge in [0, 0.05) is 31.5 Å². The molecule has 1 unspecified atom stereocenters. The maximum absolute atomic E-state index is 13.7. The molecule has 0 aromatic heterocycles. The smallest absolute Gasteiger partial charge is 0.305 e. The lowest BCUT2D eigenvalue weighted by atomic mass is 9.92. The van der Waals surface area contributed by atoms with Gasteiger partial charge in [0.1, 0.15) is 5.84 Å². The Kier molecular flexibility index (Phi) is 3.61. The minimum absolute atomic E-state index is 0.140. The van der Waals surface area contributed by atoms with Gasteiger partial charge < -0.3 is 15.4 Å². The second kappa shape index (κ2) is 5.21. The van der Waals surface area contributed by atoms with Gasteiger partial charge in [-0.05, 0) is 30.6 Å². The maximum Gasteiger partial charge on any atom is 0.305 e. The molecule has 1 saturated carbocycles. The summed E-state index contributed by atoms with van der Waals surface area (Å²) in [5.41, 5.74) is 5.44. The molecule has 3 atom stereocenters. The van der Waals surface area contributed by atoms with E-state index in [4.69, 9.17) is 11.1 Å². The van der Waals surface area contributed by atoms with Gasteiger partial charge in [0.25, 0.3) is 5.92 Å². The Labute approximate surface area is 128 Å². The summed E-state index contributed by atoms with van der Waals surface area (Å²) in [6.45, 7) is 1.29. The molecule has 3 rings (SSSR count). The fourth-order valence-electron chi connectivity index (χ4n) is 3.82. The number of allylic oxidation sites excluding steroid dienone is 1. The zero-order valence-electron chi connectivity index (χ0n) is 12.6. The maximum atomic E-state index is 13.7. The number of hydrogen-bond donors (Lipinski definition) is 2. The minimum Gasteiger partial charge on any atom is -0.469 e. The number of methoxy groups -OCH3 is 1. The van der Waals surface area contributed by atoms with Gasteiger partial charge in [0.05, 0.1) is 12.8 Å². The van der Waals surface area contributed by atoms with Gasteiger partial charge >= 0.3 is 5.97 Å². The van der Waals surface area contributed by atoms with Crippen molar-refractivity contribution in [3.05, 3.63) is 11.3 Å². The topological polar surface area (TPSA) is 79.4 Å². The van der Waals surface area contributed by atoms with Crippen LogP contribution in [0.5, 0.6) is 0 Å². The van der Waals surface area contributed by atoms with E-state index in [-0.39, 0.29) is 18.2 Å². The van der Waals surface area contributed by atoms with E-state index in [0.717, 1.165) is 0 Å². The highest BCUT2D eigenvalue weighted by Gasteiger charge is 2.57. The predicted molar refractivity (Wildman–Crippen MR) is 76.4 cm³/mol. The van der Waals surface area contributed by atoms with E-state index in [1.54, 1.807) is 0 Å². The standard InChI is InChI=1S/C15H21F2N3O2/c1-22-12(21)5-9-10-6-20(7-11(9)10)14(19)8-3-2-4-15(16,17)13(8)18/h9-11,19H,2-7,18H2,1H3/t9?,10-,11+. The van der Waals surface area contributed by atoms with Crippen LogP contribution in [0.3, 0.4) is 0 Å². The van der Waals surface area contributed by atoms with E-state index in [9.17, 15) is 13.6 Å². The van der Waals surface area contributed by atoms with Crippen molar-refractivity contribution in [3.63, 3.8) is 0 Å². The number of halogens is 2. The van der Waals surface area contributed by atoms with Crippen LogP contribution >= 0.6 is 0 Å². The summed E-state index contributed by atoms with van der Waals surface area (Å²) in [7, 11) is 1.38. The molecular weight excluding hydrogens is 292 g/mol. The van der Waals surface area contributed by atoms with Crippen LogP contribution in [0.25, 0.3) is 0 Å². The van der Waals surface area contributed by atoms with Crippen molar-refractivity contribution in [1.29, 1.82) is 5.41 Å². The number of likely N-dealkylation sites (tertiary alicyclic amines) is 1. The van der Waals surface area contributed by atoms with Crippen molar-refractivity contribution >= 4 is 11.8 Å². The molecule has 1 saturated heterocycles. The first kappa shape index (κ1) is 15.2.